The second-order valence-electron chi connectivity index (χ2n) is 6.39. The van der Waals surface area contributed by atoms with Gasteiger partial charge in [-0.3, -0.25) is 4.79 Å². The van der Waals surface area contributed by atoms with Gasteiger partial charge in [-0.05, 0) is 29.8 Å². The van der Waals surface area contributed by atoms with Crippen molar-refractivity contribution in [2.75, 3.05) is 31.1 Å². The van der Waals surface area contributed by atoms with Crippen molar-refractivity contribution < 1.29 is 4.79 Å². The summed E-state index contributed by atoms with van der Waals surface area (Å²) in [6.45, 7) is 2.98. The molecule has 1 aliphatic heterocycles. The van der Waals surface area contributed by atoms with E-state index in [2.05, 4.69) is 16.0 Å². The van der Waals surface area contributed by atoms with E-state index in [0.717, 1.165) is 34.9 Å². The normalized spacial score (nSPS) is 14.5. The van der Waals surface area contributed by atoms with Crippen LogP contribution in [0.5, 0.6) is 0 Å². The number of nitrogens with one attached hydrogen (secondary N) is 1. The van der Waals surface area contributed by atoms with Crippen LogP contribution in [-0.2, 0) is 0 Å². The van der Waals surface area contributed by atoms with Gasteiger partial charge in [-0.1, -0.05) is 48.0 Å². The molecule has 4 rings (SSSR count). The lowest BCUT2D eigenvalue weighted by Gasteiger charge is -2.36. The molecule has 0 bridgehead atoms. The molecule has 1 aromatic heterocycles. The van der Waals surface area contributed by atoms with Crippen LogP contribution >= 0.6 is 11.6 Å². The summed E-state index contributed by atoms with van der Waals surface area (Å²) >= 11 is 6.09. The summed E-state index contributed by atoms with van der Waals surface area (Å²) in [4.78, 5) is 20.3. The van der Waals surface area contributed by atoms with E-state index in [1.54, 1.807) is 0 Å². The van der Waals surface area contributed by atoms with Crippen molar-refractivity contribution in [1.29, 1.82) is 0 Å². The average Bonchev–Trinajstić information content (AvgIpc) is 3.18. The fourth-order valence-corrected chi connectivity index (χ4v) is 3.59. The van der Waals surface area contributed by atoms with E-state index in [1.165, 1.54) is 0 Å². The Labute approximate surface area is 158 Å². The molecule has 5 heteroatoms. The number of hydrogen-bond acceptors (Lipinski definition) is 2. The number of halogens is 1. The van der Waals surface area contributed by atoms with Gasteiger partial charge >= 0.3 is 0 Å². The Bertz CT molecular complexity index is 898. The summed E-state index contributed by atoms with van der Waals surface area (Å²) in [5.74, 6) is 0.0552. The maximum atomic E-state index is 13.0. The van der Waals surface area contributed by atoms with Crippen LogP contribution in [0.15, 0.2) is 66.9 Å². The van der Waals surface area contributed by atoms with Gasteiger partial charge in [0.2, 0.25) is 0 Å². The van der Waals surface area contributed by atoms with Crippen LogP contribution in [0.2, 0.25) is 5.02 Å². The van der Waals surface area contributed by atoms with Gasteiger partial charge in [0, 0.05) is 48.6 Å². The molecule has 0 spiro atoms. The van der Waals surface area contributed by atoms with Crippen LogP contribution in [0.3, 0.4) is 0 Å². The molecular weight excluding hydrogens is 346 g/mol. The van der Waals surface area contributed by atoms with Crippen molar-refractivity contribution in [2.45, 2.75) is 0 Å². The minimum atomic E-state index is 0.0552. The first-order valence-corrected chi connectivity index (χ1v) is 9.13. The number of H-pyrrole nitrogens is 1. The first-order chi connectivity index (χ1) is 12.7. The highest BCUT2D eigenvalue weighted by Crippen LogP contribution is 2.25. The van der Waals surface area contributed by atoms with Gasteiger partial charge in [-0.15, -0.1) is 0 Å². The topological polar surface area (TPSA) is 39.3 Å². The van der Waals surface area contributed by atoms with Gasteiger partial charge in [0.15, 0.2) is 0 Å². The molecule has 1 aliphatic rings. The Morgan fingerprint density at radius 1 is 0.923 bits per heavy atom. The first-order valence-electron chi connectivity index (χ1n) is 8.75. The molecule has 1 fully saturated rings. The van der Waals surface area contributed by atoms with Crippen LogP contribution in [0, 0.1) is 0 Å². The fraction of sp³-hybridized carbons (Fsp3) is 0.190. The summed E-state index contributed by atoms with van der Waals surface area (Å²) in [6, 6.07) is 19.8. The first kappa shape index (κ1) is 16.7. The number of anilines is 1. The third kappa shape index (κ3) is 3.33. The van der Waals surface area contributed by atoms with Crippen LogP contribution < -0.4 is 4.90 Å². The number of benzene rings is 2. The summed E-state index contributed by atoms with van der Waals surface area (Å²) in [5, 5.41) is 0.736. The zero-order valence-electron chi connectivity index (χ0n) is 14.4. The van der Waals surface area contributed by atoms with E-state index in [1.807, 2.05) is 65.7 Å². The third-order valence-electron chi connectivity index (χ3n) is 4.79. The molecule has 2 heterocycles. The fourth-order valence-electron chi connectivity index (χ4n) is 3.40. The molecule has 1 N–H and O–H groups in total. The lowest BCUT2D eigenvalue weighted by atomic mass is 10.1. The Balaban J connectivity index is 1.47. The Hall–Kier alpha value is -2.72. The molecule has 2 aromatic carbocycles. The zero-order chi connectivity index (χ0) is 17.9. The van der Waals surface area contributed by atoms with Crippen LogP contribution in [0.4, 0.5) is 5.69 Å². The highest BCUT2D eigenvalue weighted by Gasteiger charge is 2.25. The van der Waals surface area contributed by atoms with Crippen molar-refractivity contribution in [3.05, 3.63) is 77.6 Å². The third-order valence-corrected chi connectivity index (χ3v) is 5.02. The highest BCUT2D eigenvalue weighted by molar-refractivity contribution is 6.30. The van der Waals surface area contributed by atoms with Gasteiger partial charge in [-0.2, -0.15) is 0 Å². The SMILES string of the molecule is O=C(c1[nH]ccc1-c1ccccc1)N1CCN(c2cccc(Cl)c2)CC1. The van der Waals surface area contributed by atoms with E-state index in [0.29, 0.717) is 18.8 Å². The smallest absolute Gasteiger partial charge is 0.271 e. The molecule has 0 unspecified atom stereocenters. The summed E-state index contributed by atoms with van der Waals surface area (Å²) in [6.07, 6.45) is 1.83. The lowest BCUT2D eigenvalue weighted by molar-refractivity contribution is 0.0742. The number of amides is 1. The van der Waals surface area contributed by atoms with Crippen molar-refractivity contribution >= 4 is 23.2 Å². The molecule has 0 saturated carbocycles. The Morgan fingerprint density at radius 2 is 1.69 bits per heavy atom. The number of piperazine rings is 1. The monoisotopic (exact) mass is 365 g/mol. The number of carbonyl (C=O) groups excluding carboxylic acids is 1. The molecule has 132 valence electrons. The van der Waals surface area contributed by atoms with Crippen molar-refractivity contribution in [2.24, 2.45) is 0 Å². The minimum Gasteiger partial charge on any atom is -0.368 e. The molecule has 4 nitrogen and oxygen atoms in total. The Morgan fingerprint density at radius 3 is 2.42 bits per heavy atom. The van der Waals surface area contributed by atoms with Gasteiger partial charge in [0.05, 0.1) is 0 Å². The standard InChI is InChI=1S/C21H20ClN3O/c22-17-7-4-8-18(15-17)24-11-13-25(14-12-24)21(26)20-19(9-10-23-20)16-5-2-1-3-6-16/h1-10,15,23H,11-14H2. The number of carbonyl (C=O) groups is 1. The minimum absolute atomic E-state index is 0.0552. The number of rotatable bonds is 3. The highest BCUT2D eigenvalue weighted by atomic mass is 35.5. The van der Waals surface area contributed by atoms with Crippen molar-refractivity contribution in [3.8, 4) is 11.1 Å². The van der Waals surface area contributed by atoms with Crippen molar-refractivity contribution in [3.63, 3.8) is 0 Å². The van der Waals surface area contributed by atoms with Crippen LogP contribution in [-0.4, -0.2) is 42.0 Å². The predicted molar refractivity (Wildman–Crippen MR) is 106 cm³/mol. The molecule has 0 aliphatic carbocycles. The van der Waals surface area contributed by atoms with Crippen LogP contribution in [0.25, 0.3) is 11.1 Å². The molecule has 1 saturated heterocycles. The molecule has 3 aromatic rings. The molecule has 1 amide bonds. The zero-order valence-corrected chi connectivity index (χ0v) is 15.1. The second kappa shape index (κ2) is 7.26. The van der Waals surface area contributed by atoms with Gasteiger partial charge in [0.1, 0.15) is 5.69 Å². The average molecular weight is 366 g/mol. The maximum Gasteiger partial charge on any atom is 0.271 e. The summed E-state index contributed by atoms with van der Waals surface area (Å²) in [5.41, 5.74) is 3.77. The number of aromatic nitrogens is 1. The van der Waals surface area contributed by atoms with Gasteiger partial charge < -0.3 is 14.8 Å². The van der Waals surface area contributed by atoms with E-state index in [-0.39, 0.29) is 5.91 Å². The molecule has 26 heavy (non-hydrogen) atoms. The number of aromatic amines is 1. The maximum absolute atomic E-state index is 13.0. The van der Waals surface area contributed by atoms with E-state index >= 15 is 0 Å². The molecule has 0 radical (unpaired) electrons. The lowest BCUT2D eigenvalue weighted by Crippen LogP contribution is -2.49. The summed E-state index contributed by atoms with van der Waals surface area (Å²) in [7, 11) is 0. The second-order valence-corrected chi connectivity index (χ2v) is 6.83. The molecule has 0 atom stereocenters. The van der Waals surface area contributed by atoms with E-state index in [4.69, 9.17) is 11.6 Å². The van der Waals surface area contributed by atoms with Gasteiger partial charge in [-0.25, -0.2) is 0 Å². The van der Waals surface area contributed by atoms with Crippen LogP contribution in [0.1, 0.15) is 10.5 Å². The van der Waals surface area contributed by atoms with E-state index < -0.39 is 0 Å². The van der Waals surface area contributed by atoms with E-state index in [9.17, 15) is 4.79 Å². The van der Waals surface area contributed by atoms with Crippen molar-refractivity contribution in [1.82, 2.24) is 9.88 Å². The summed E-state index contributed by atoms with van der Waals surface area (Å²) < 4.78 is 0. The predicted octanol–water partition coefficient (Wildman–Crippen LogP) is 4.30. The number of hydrogen-bond donors (Lipinski definition) is 1. The van der Waals surface area contributed by atoms with Gasteiger partial charge in [0.25, 0.3) is 5.91 Å². The Kier molecular flexibility index (Phi) is 4.67. The number of nitrogens with zero attached hydrogens (tertiary/aromatic N) is 2. The molecular formula is C21H20ClN3O. The quantitative estimate of drug-likeness (QED) is 0.751. The largest absolute Gasteiger partial charge is 0.368 e.